The van der Waals surface area contributed by atoms with Gasteiger partial charge in [0.2, 0.25) is 5.91 Å². The molecule has 1 unspecified atom stereocenters. The van der Waals surface area contributed by atoms with E-state index in [0.717, 1.165) is 6.07 Å². The van der Waals surface area contributed by atoms with Crippen LogP contribution in [0.5, 0.6) is 0 Å². The number of carbonyl (C=O) groups excluding carboxylic acids is 1. The van der Waals surface area contributed by atoms with E-state index in [0.29, 0.717) is 37.4 Å². The average molecular weight is 407 g/mol. The highest BCUT2D eigenvalue weighted by atomic mass is 19.2. The van der Waals surface area contributed by atoms with E-state index in [1.807, 2.05) is 4.90 Å². The zero-order chi connectivity index (χ0) is 21.1. The number of nitro groups is 1. The number of benzene rings is 1. The van der Waals surface area contributed by atoms with Crippen molar-refractivity contribution in [2.75, 3.05) is 26.2 Å². The molecule has 1 amide bonds. The fourth-order valence-corrected chi connectivity index (χ4v) is 3.45. The van der Waals surface area contributed by atoms with E-state index in [9.17, 15) is 23.7 Å². The van der Waals surface area contributed by atoms with Gasteiger partial charge in [-0.25, -0.2) is 8.78 Å². The third-order valence-corrected chi connectivity index (χ3v) is 5.13. The van der Waals surface area contributed by atoms with Crippen molar-refractivity contribution in [2.45, 2.75) is 26.9 Å². The fraction of sp³-hybridized carbons (Fsp3) is 0.474. The smallest absolute Gasteiger partial charge is 0.358 e. The summed E-state index contributed by atoms with van der Waals surface area (Å²) in [6, 6.07) is 5.51. The number of halogens is 2. The number of amides is 1. The second-order valence-electron chi connectivity index (χ2n) is 7.30. The van der Waals surface area contributed by atoms with Crippen LogP contribution in [-0.2, 0) is 17.9 Å². The van der Waals surface area contributed by atoms with Gasteiger partial charge in [0.05, 0.1) is 29.3 Å². The highest BCUT2D eigenvalue weighted by Crippen LogP contribution is 2.17. The Morgan fingerprint density at radius 3 is 2.59 bits per heavy atom. The van der Waals surface area contributed by atoms with Crippen LogP contribution in [-0.4, -0.2) is 56.6 Å². The second-order valence-corrected chi connectivity index (χ2v) is 7.30. The van der Waals surface area contributed by atoms with Gasteiger partial charge < -0.3 is 15.0 Å². The summed E-state index contributed by atoms with van der Waals surface area (Å²) in [4.78, 5) is 26.7. The minimum Gasteiger partial charge on any atom is -0.358 e. The van der Waals surface area contributed by atoms with Crippen LogP contribution in [0.25, 0.3) is 0 Å². The third-order valence-electron chi connectivity index (χ3n) is 5.13. The van der Waals surface area contributed by atoms with Crippen LogP contribution >= 0.6 is 0 Å². The van der Waals surface area contributed by atoms with Gasteiger partial charge in [-0.3, -0.25) is 9.69 Å². The number of aryl methyl sites for hydroxylation is 1. The monoisotopic (exact) mass is 407 g/mol. The predicted molar refractivity (Wildman–Crippen MR) is 101 cm³/mol. The van der Waals surface area contributed by atoms with Gasteiger partial charge in [-0.05, 0) is 17.9 Å². The topological polar surface area (TPSA) is 84.5 Å². The van der Waals surface area contributed by atoms with Crippen molar-refractivity contribution in [3.05, 3.63) is 57.3 Å². The maximum absolute atomic E-state index is 13.8. The Morgan fingerprint density at radius 2 is 1.97 bits per heavy atom. The summed E-state index contributed by atoms with van der Waals surface area (Å²) in [5, 5.41) is 14.8. The third kappa shape index (κ3) is 4.76. The first-order chi connectivity index (χ1) is 13.8. The second kappa shape index (κ2) is 8.64. The van der Waals surface area contributed by atoms with E-state index >= 15 is 0 Å². The van der Waals surface area contributed by atoms with E-state index in [1.165, 1.54) is 16.8 Å². The van der Waals surface area contributed by atoms with Crippen LogP contribution in [0.1, 0.15) is 18.2 Å². The molecule has 1 aliphatic rings. The maximum Gasteiger partial charge on any atom is 0.390 e. The van der Waals surface area contributed by atoms with Crippen LogP contribution in [0.15, 0.2) is 24.3 Å². The number of hydrogen-bond acceptors (Lipinski definition) is 5. The summed E-state index contributed by atoms with van der Waals surface area (Å²) in [5.41, 5.74) is 0.923. The standard InChI is InChI=1S/C19H23F2N5O3/c1-13(11-25-14(2)10-17(22-25)26(28)29)19(27)24-8-6-23(7-9-24)12-15-4-3-5-16(20)18(15)21/h3-5,10,13H,6-9,11-12H2,1-2H3. The summed E-state index contributed by atoms with van der Waals surface area (Å²) < 4.78 is 28.7. The highest BCUT2D eigenvalue weighted by molar-refractivity contribution is 5.78. The van der Waals surface area contributed by atoms with Crippen molar-refractivity contribution in [3.63, 3.8) is 0 Å². The van der Waals surface area contributed by atoms with Gasteiger partial charge in [0, 0.05) is 38.3 Å². The van der Waals surface area contributed by atoms with E-state index in [1.54, 1.807) is 24.8 Å². The fourth-order valence-electron chi connectivity index (χ4n) is 3.45. The molecule has 156 valence electrons. The molecule has 10 heteroatoms. The Kier molecular flexibility index (Phi) is 6.21. The molecule has 0 radical (unpaired) electrons. The van der Waals surface area contributed by atoms with Crippen molar-refractivity contribution in [2.24, 2.45) is 5.92 Å². The lowest BCUT2D eigenvalue weighted by Gasteiger charge is -2.36. The minimum atomic E-state index is -0.862. The lowest BCUT2D eigenvalue weighted by Crippen LogP contribution is -2.50. The number of aromatic nitrogens is 2. The van der Waals surface area contributed by atoms with Crippen LogP contribution in [0.2, 0.25) is 0 Å². The average Bonchev–Trinajstić information content (AvgIpc) is 3.06. The Hall–Kier alpha value is -2.88. The molecule has 29 heavy (non-hydrogen) atoms. The van der Waals surface area contributed by atoms with E-state index in [-0.39, 0.29) is 30.7 Å². The summed E-state index contributed by atoms with van der Waals surface area (Å²) in [5.74, 6) is -2.37. The van der Waals surface area contributed by atoms with E-state index in [2.05, 4.69) is 5.10 Å². The van der Waals surface area contributed by atoms with Gasteiger partial charge >= 0.3 is 5.82 Å². The number of carbonyl (C=O) groups is 1. The zero-order valence-electron chi connectivity index (χ0n) is 16.3. The van der Waals surface area contributed by atoms with Crippen LogP contribution in [0.3, 0.4) is 0 Å². The molecule has 1 saturated heterocycles. The first-order valence-electron chi connectivity index (χ1n) is 9.39. The molecule has 0 aliphatic carbocycles. The molecule has 0 saturated carbocycles. The molecule has 8 nitrogen and oxygen atoms in total. The van der Waals surface area contributed by atoms with E-state index in [4.69, 9.17) is 0 Å². The summed E-state index contributed by atoms with van der Waals surface area (Å²) >= 11 is 0. The van der Waals surface area contributed by atoms with Gasteiger partial charge in [0.25, 0.3) is 0 Å². The quantitative estimate of drug-likeness (QED) is 0.542. The molecule has 0 bridgehead atoms. The Morgan fingerprint density at radius 1 is 1.28 bits per heavy atom. The Labute approximate surface area is 166 Å². The summed E-state index contributed by atoms with van der Waals surface area (Å²) in [7, 11) is 0. The van der Waals surface area contributed by atoms with Crippen LogP contribution in [0, 0.1) is 34.6 Å². The van der Waals surface area contributed by atoms with Gasteiger partial charge in [0.15, 0.2) is 11.6 Å². The normalized spacial score (nSPS) is 16.1. The number of piperazine rings is 1. The molecule has 1 aromatic carbocycles. The van der Waals surface area contributed by atoms with Crippen molar-refractivity contribution < 1.29 is 18.5 Å². The minimum absolute atomic E-state index is 0.0564. The Balaban J connectivity index is 1.54. The lowest BCUT2D eigenvalue weighted by atomic mass is 10.1. The zero-order valence-corrected chi connectivity index (χ0v) is 16.3. The molecular formula is C19H23F2N5O3. The van der Waals surface area contributed by atoms with Crippen molar-refractivity contribution in [1.82, 2.24) is 19.6 Å². The molecule has 3 rings (SSSR count). The molecule has 1 aromatic heterocycles. The van der Waals surface area contributed by atoms with Crippen molar-refractivity contribution >= 4 is 11.7 Å². The van der Waals surface area contributed by atoms with Crippen molar-refractivity contribution in [3.8, 4) is 0 Å². The first kappa shape index (κ1) is 20.8. The lowest BCUT2D eigenvalue weighted by molar-refractivity contribution is -0.389. The Bertz CT molecular complexity index is 909. The van der Waals surface area contributed by atoms with Crippen molar-refractivity contribution in [1.29, 1.82) is 0 Å². The maximum atomic E-state index is 13.8. The molecule has 1 atom stereocenters. The predicted octanol–water partition coefficient (Wildman–Crippen LogP) is 2.36. The van der Waals surface area contributed by atoms with E-state index < -0.39 is 16.6 Å². The molecular weight excluding hydrogens is 384 g/mol. The number of hydrogen-bond donors (Lipinski definition) is 0. The summed E-state index contributed by atoms with van der Waals surface area (Å²) in [6.45, 7) is 6.11. The molecule has 1 fully saturated rings. The molecule has 0 spiro atoms. The van der Waals surface area contributed by atoms with Crippen LogP contribution < -0.4 is 0 Å². The molecule has 2 heterocycles. The number of nitrogens with zero attached hydrogens (tertiary/aromatic N) is 5. The summed E-state index contributed by atoms with van der Waals surface area (Å²) in [6.07, 6.45) is 0. The molecule has 0 N–H and O–H groups in total. The van der Waals surface area contributed by atoms with Gasteiger partial charge in [-0.2, -0.15) is 4.68 Å². The van der Waals surface area contributed by atoms with Gasteiger partial charge in [0.1, 0.15) is 0 Å². The largest absolute Gasteiger partial charge is 0.390 e. The first-order valence-corrected chi connectivity index (χ1v) is 9.39. The van der Waals surface area contributed by atoms with Gasteiger partial charge in [-0.15, -0.1) is 0 Å². The molecule has 2 aromatic rings. The van der Waals surface area contributed by atoms with Gasteiger partial charge in [-0.1, -0.05) is 19.1 Å². The molecule has 1 aliphatic heterocycles. The number of rotatable bonds is 6. The highest BCUT2D eigenvalue weighted by Gasteiger charge is 2.27. The SMILES string of the molecule is Cc1cc([N+](=O)[O-])nn1CC(C)C(=O)N1CCN(Cc2cccc(F)c2F)CC1. The van der Waals surface area contributed by atoms with Crippen LogP contribution in [0.4, 0.5) is 14.6 Å².